The Morgan fingerprint density at radius 2 is 1.72 bits per heavy atom. The summed E-state index contributed by atoms with van der Waals surface area (Å²) in [4.78, 5) is 24.7. The van der Waals surface area contributed by atoms with Gasteiger partial charge in [-0.25, -0.2) is 4.68 Å². The van der Waals surface area contributed by atoms with Gasteiger partial charge in [-0.05, 0) is 94.2 Å². The van der Waals surface area contributed by atoms with Crippen LogP contribution in [0.15, 0.2) is 48.7 Å². The topological polar surface area (TPSA) is 76.0 Å². The summed E-state index contributed by atoms with van der Waals surface area (Å²) in [6.07, 6.45) is 3.60. The third-order valence-electron chi connectivity index (χ3n) is 6.06. The average molecular weight is 453 g/mol. The van der Waals surface area contributed by atoms with Crippen LogP contribution in [0.4, 0.5) is 5.69 Å². The lowest BCUT2D eigenvalue weighted by atomic mass is 9.91. The Labute approximate surface area is 194 Å². The summed E-state index contributed by atoms with van der Waals surface area (Å²) in [6, 6.07) is 13.2. The zero-order chi connectivity index (χ0) is 22.0. The molecule has 2 heterocycles. The third-order valence-corrected chi connectivity index (χ3v) is 6.06. The van der Waals surface area contributed by atoms with Crippen LogP contribution >= 0.6 is 12.4 Å². The van der Waals surface area contributed by atoms with Gasteiger partial charge in [-0.15, -0.1) is 12.4 Å². The van der Waals surface area contributed by atoms with Gasteiger partial charge in [-0.3, -0.25) is 9.59 Å². The van der Waals surface area contributed by atoms with E-state index in [0.717, 1.165) is 37.3 Å². The van der Waals surface area contributed by atoms with Gasteiger partial charge in [0.05, 0.1) is 23.1 Å². The molecule has 0 bridgehead atoms. The molecule has 168 valence electrons. The number of aromatic nitrogens is 2. The van der Waals surface area contributed by atoms with Gasteiger partial charge in [-0.2, -0.15) is 5.10 Å². The van der Waals surface area contributed by atoms with Gasteiger partial charge in [0.25, 0.3) is 5.91 Å². The SMILES string of the molecule is CC(=O)c1ccc(NC(=O)c2cnn(-c3ccc(C)c(C)c3)c2C2CCNCC2)cc1.Cl. The van der Waals surface area contributed by atoms with Crippen LogP contribution in [0.2, 0.25) is 0 Å². The van der Waals surface area contributed by atoms with Crippen molar-refractivity contribution in [3.05, 3.63) is 76.6 Å². The zero-order valence-corrected chi connectivity index (χ0v) is 19.5. The Balaban J connectivity index is 0.00000289. The number of nitrogens with one attached hydrogen (secondary N) is 2. The van der Waals surface area contributed by atoms with Crippen LogP contribution in [0.5, 0.6) is 0 Å². The Bertz CT molecular complexity index is 1120. The molecule has 6 nitrogen and oxygen atoms in total. The van der Waals surface area contributed by atoms with Crippen molar-refractivity contribution in [3.8, 4) is 5.69 Å². The molecule has 1 saturated heterocycles. The standard InChI is InChI=1S/C25H28N4O2.ClH/c1-16-4-9-22(14-17(16)2)29-24(20-10-12-26-13-11-20)23(15-27-29)25(31)28-21-7-5-19(6-8-21)18(3)30;/h4-9,14-15,20,26H,10-13H2,1-3H3,(H,28,31);1H. The van der Waals surface area contributed by atoms with Crippen LogP contribution in [0.25, 0.3) is 5.69 Å². The van der Waals surface area contributed by atoms with Crippen LogP contribution in [-0.2, 0) is 0 Å². The van der Waals surface area contributed by atoms with Crippen molar-refractivity contribution in [3.63, 3.8) is 0 Å². The summed E-state index contributed by atoms with van der Waals surface area (Å²) in [7, 11) is 0. The molecule has 0 atom stereocenters. The number of carbonyl (C=O) groups excluding carboxylic acids is 2. The van der Waals surface area contributed by atoms with E-state index in [4.69, 9.17) is 0 Å². The van der Waals surface area contributed by atoms with E-state index < -0.39 is 0 Å². The largest absolute Gasteiger partial charge is 0.322 e. The number of rotatable bonds is 5. The van der Waals surface area contributed by atoms with Crippen molar-refractivity contribution in [1.82, 2.24) is 15.1 Å². The first kappa shape index (κ1) is 23.7. The Kier molecular flexibility index (Phi) is 7.48. The molecule has 1 fully saturated rings. The van der Waals surface area contributed by atoms with Gasteiger partial charge in [0.15, 0.2) is 5.78 Å². The summed E-state index contributed by atoms with van der Waals surface area (Å²) in [5.74, 6) is 0.0751. The second-order valence-corrected chi connectivity index (χ2v) is 8.24. The van der Waals surface area contributed by atoms with Crippen molar-refractivity contribution < 1.29 is 9.59 Å². The Hall–Kier alpha value is -2.96. The highest BCUT2D eigenvalue weighted by atomic mass is 35.5. The molecule has 2 aromatic carbocycles. The number of aryl methyl sites for hydroxylation is 2. The molecule has 0 aliphatic carbocycles. The number of carbonyl (C=O) groups is 2. The average Bonchev–Trinajstić information content (AvgIpc) is 3.22. The molecule has 7 heteroatoms. The summed E-state index contributed by atoms with van der Waals surface area (Å²) in [5, 5.41) is 11.0. The van der Waals surface area contributed by atoms with Gasteiger partial charge in [-0.1, -0.05) is 6.07 Å². The van der Waals surface area contributed by atoms with Gasteiger partial charge in [0, 0.05) is 17.2 Å². The van der Waals surface area contributed by atoms with Gasteiger partial charge in [0.2, 0.25) is 0 Å². The minimum absolute atomic E-state index is 0. The number of ketones is 1. The first-order valence-corrected chi connectivity index (χ1v) is 10.7. The lowest BCUT2D eigenvalue weighted by Gasteiger charge is -2.25. The van der Waals surface area contributed by atoms with Crippen LogP contribution < -0.4 is 10.6 Å². The van der Waals surface area contributed by atoms with E-state index in [0.29, 0.717) is 16.8 Å². The maximum Gasteiger partial charge on any atom is 0.259 e. The van der Waals surface area contributed by atoms with E-state index >= 15 is 0 Å². The highest BCUT2D eigenvalue weighted by molar-refractivity contribution is 6.05. The molecule has 0 radical (unpaired) electrons. The van der Waals surface area contributed by atoms with E-state index in [9.17, 15) is 9.59 Å². The number of nitrogens with zero attached hydrogens (tertiary/aromatic N) is 2. The minimum atomic E-state index is -0.181. The van der Waals surface area contributed by atoms with Gasteiger partial charge < -0.3 is 10.6 Å². The lowest BCUT2D eigenvalue weighted by molar-refractivity contribution is 0.101. The fourth-order valence-corrected chi connectivity index (χ4v) is 4.07. The highest BCUT2D eigenvalue weighted by Gasteiger charge is 2.27. The summed E-state index contributed by atoms with van der Waals surface area (Å²) < 4.78 is 1.93. The van der Waals surface area contributed by atoms with Crippen molar-refractivity contribution in [2.45, 2.75) is 39.5 Å². The molecule has 1 aliphatic heterocycles. The van der Waals surface area contributed by atoms with Crippen LogP contribution in [0, 0.1) is 13.8 Å². The Morgan fingerprint density at radius 3 is 2.34 bits per heavy atom. The molecule has 32 heavy (non-hydrogen) atoms. The van der Waals surface area contributed by atoms with E-state index in [-0.39, 0.29) is 30.0 Å². The zero-order valence-electron chi connectivity index (χ0n) is 18.6. The molecule has 0 saturated carbocycles. The van der Waals surface area contributed by atoms with Crippen molar-refractivity contribution in [2.24, 2.45) is 0 Å². The molecule has 2 N–H and O–H groups in total. The van der Waals surface area contributed by atoms with E-state index in [1.54, 1.807) is 30.5 Å². The summed E-state index contributed by atoms with van der Waals surface area (Å²) in [6.45, 7) is 7.56. The van der Waals surface area contributed by atoms with Crippen molar-refractivity contribution >= 4 is 29.8 Å². The first-order chi connectivity index (χ1) is 14.9. The lowest BCUT2D eigenvalue weighted by Crippen LogP contribution is -2.29. The fourth-order valence-electron chi connectivity index (χ4n) is 4.07. The molecular weight excluding hydrogens is 424 g/mol. The van der Waals surface area contributed by atoms with E-state index in [2.05, 4.69) is 47.8 Å². The number of benzene rings is 2. The molecule has 0 unspecified atom stereocenters. The predicted molar refractivity (Wildman–Crippen MR) is 130 cm³/mol. The van der Waals surface area contributed by atoms with Crippen LogP contribution in [0.1, 0.15) is 63.2 Å². The molecule has 0 spiro atoms. The van der Waals surface area contributed by atoms with E-state index in [1.807, 2.05) is 4.68 Å². The van der Waals surface area contributed by atoms with Crippen LogP contribution in [0.3, 0.4) is 0 Å². The number of hydrogen-bond donors (Lipinski definition) is 2. The van der Waals surface area contributed by atoms with Crippen molar-refractivity contribution in [1.29, 1.82) is 0 Å². The third kappa shape index (κ3) is 4.92. The van der Waals surface area contributed by atoms with E-state index in [1.165, 1.54) is 18.1 Å². The maximum absolute atomic E-state index is 13.2. The normalized spacial score (nSPS) is 14.0. The number of Topliss-reactive ketones (excluding diaryl/α,β-unsaturated/α-hetero) is 1. The fraction of sp³-hybridized carbons (Fsp3) is 0.320. The Morgan fingerprint density at radius 1 is 1.03 bits per heavy atom. The molecular formula is C25H29ClN4O2. The highest BCUT2D eigenvalue weighted by Crippen LogP contribution is 2.31. The quantitative estimate of drug-likeness (QED) is 0.543. The first-order valence-electron chi connectivity index (χ1n) is 10.7. The second kappa shape index (κ2) is 10.1. The summed E-state index contributed by atoms with van der Waals surface area (Å²) >= 11 is 0. The number of halogens is 1. The predicted octanol–water partition coefficient (Wildman–Crippen LogP) is 4.83. The monoisotopic (exact) mass is 452 g/mol. The molecule has 1 aliphatic rings. The molecule has 3 aromatic rings. The molecule has 4 rings (SSSR count). The van der Waals surface area contributed by atoms with Gasteiger partial charge >= 0.3 is 0 Å². The molecule has 1 aromatic heterocycles. The number of piperidine rings is 1. The summed E-state index contributed by atoms with van der Waals surface area (Å²) in [5.41, 5.74) is 6.23. The van der Waals surface area contributed by atoms with Crippen LogP contribution in [-0.4, -0.2) is 34.6 Å². The number of hydrogen-bond acceptors (Lipinski definition) is 4. The van der Waals surface area contributed by atoms with Gasteiger partial charge in [0.1, 0.15) is 0 Å². The maximum atomic E-state index is 13.2. The number of anilines is 1. The minimum Gasteiger partial charge on any atom is -0.322 e. The number of amides is 1. The molecule has 1 amide bonds. The smallest absolute Gasteiger partial charge is 0.259 e. The van der Waals surface area contributed by atoms with Crippen molar-refractivity contribution in [2.75, 3.05) is 18.4 Å². The second-order valence-electron chi connectivity index (χ2n) is 8.24.